The van der Waals surface area contributed by atoms with Crippen LogP contribution in [0.2, 0.25) is 5.02 Å². The van der Waals surface area contributed by atoms with Crippen molar-refractivity contribution in [3.63, 3.8) is 0 Å². The molecule has 0 spiro atoms. The number of carboxylic acids is 1. The number of aryl methyl sites for hydroxylation is 1. The van der Waals surface area contributed by atoms with Crippen molar-refractivity contribution in [3.05, 3.63) is 75.6 Å². The van der Waals surface area contributed by atoms with Crippen LogP contribution in [0.5, 0.6) is 0 Å². The third kappa shape index (κ3) is 2.45. The topological polar surface area (TPSA) is 37.3 Å². The maximum Gasteiger partial charge on any atom is 0.335 e. The number of hydrogen-bond donors (Lipinski definition) is 1. The lowest BCUT2D eigenvalue weighted by Crippen LogP contribution is -2.06. The van der Waals surface area contributed by atoms with Gasteiger partial charge in [-0.3, -0.25) is 0 Å². The molecule has 2 aromatic rings. The lowest BCUT2D eigenvalue weighted by Gasteiger charge is -2.19. The van der Waals surface area contributed by atoms with E-state index in [4.69, 9.17) is 16.7 Å². The van der Waals surface area contributed by atoms with Gasteiger partial charge < -0.3 is 5.11 Å². The quantitative estimate of drug-likeness (QED) is 0.883. The normalized spacial score (nSPS) is 13.5. The summed E-state index contributed by atoms with van der Waals surface area (Å²) in [5.74, 6) is -1.46. The van der Waals surface area contributed by atoms with Crippen molar-refractivity contribution >= 4 is 23.1 Å². The molecule has 0 unspecified atom stereocenters. The summed E-state index contributed by atoms with van der Waals surface area (Å²) >= 11 is 5.85. The fourth-order valence-corrected chi connectivity index (χ4v) is 2.80. The highest BCUT2D eigenvalue weighted by atomic mass is 35.5. The van der Waals surface area contributed by atoms with E-state index in [-0.39, 0.29) is 10.6 Å². The summed E-state index contributed by atoms with van der Waals surface area (Å²) in [5.41, 5.74) is 3.11. The van der Waals surface area contributed by atoms with Crippen molar-refractivity contribution in [1.29, 1.82) is 0 Å². The highest BCUT2D eigenvalue weighted by molar-refractivity contribution is 6.31. The molecule has 4 heteroatoms. The smallest absolute Gasteiger partial charge is 0.335 e. The molecule has 3 rings (SSSR count). The Hall–Kier alpha value is -2.13. The largest absolute Gasteiger partial charge is 0.478 e. The number of hydrogen-bond acceptors (Lipinski definition) is 1. The van der Waals surface area contributed by atoms with Gasteiger partial charge in [-0.05, 0) is 47.7 Å². The molecule has 0 heterocycles. The second-order valence-corrected chi connectivity index (χ2v) is 5.34. The number of rotatable bonds is 2. The zero-order valence-electron chi connectivity index (χ0n) is 11.1. The standard InChI is InChI=1S/C17H12ClFO2/c18-15-6-2-5-13(16(15)19)12-4-1-3-10-7-8-11(17(20)21)9-14(10)12/h2,4-9H,1,3H2,(H,20,21). The van der Waals surface area contributed by atoms with Gasteiger partial charge in [-0.25, -0.2) is 9.18 Å². The summed E-state index contributed by atoms with van der Waals surface area (Å²) < 4.78 is 14.3. The minimum Gasteiger partial charge on any atom is -0.478 e. The van der Waals surface area contributed by atoms with Crippen molar-refractivity contribution < 1.29 is 14.3 Å². The number of fused-ring (bicyclic) bond motifs is 1. The van der Waals surface area contributed by atoms with Crippen molar-refractivity contribution in [2.24, 2.45) is 0 Å². The second kappa shape index (κ2) is 5.34. The zero-order valence-corrected chi connectivity index (χ0v) is 11.8. The first-order valence-electron chi connectivity index (χ1n) is 6.59. The highest BCUT2D eigenvalue weighted by Crippen LogP contribution is 2.35. The SMILES string of the molecule is O=C(O)c1ccc2c(c1)C(c1cccc(Cl)c1F)=CCC2. The molecule has 21 heavy (non-hydrogen) atoms. The van der Waals surface area contributed by atoms with Gasteiger partial charge in [0, 0.05) is 5.56 Å². The van der Waals surface area contributed by atoms with Crippen molar-refractivity contribution in [3.8, 4) is 0 Å². The van der Waals surface area contributed by atoms with Gasteiger partial charge in [-0.15, -0.1) is 0 Å². The number of carbonyl (C=O) groups is 1. The van der Waals surface area contributed by atoms with Crippen molar-refractivity contribution in [2.75, 3.05) is 0 Å². The molecule has 0 aromatic heterocycles. The summed E-state index contributed by atoms with van der Waals surface area (Å²) in [5, 5.41) is 9.19. The fourth-order valence-electron chi connectivity index (χ4n) is 2.63. The third-order valence-corrected chi connectivity index (χ3v) is 3.94. The number of benzene rings is 2. The van der Waals surface area contributed by atoms with Crippen LogP contribution in [-0.4, -0.2) is 11.1 Å². The van der Waals surface area contributed by atoms with Crippen LogP contribution >= 0.6 is 11.6 Å². The summed E-state index contributed by atoms with van der Waals surface area (Å²) in [6.45, 7) is 0. The monoisotopic (exact) mass is 302 g/mol. The van der Waals surface area contributed by atoms with E-state index in [0.29, 0.717) is 11.1 Å². The molecular weight excluding hydrogens is 291 g/mol. The van der Waals surface area contributed by atoms with E-state index < -0.39 is 11.8 Å². The number of allylic oxidation sites excluding steroid dienone is 1. The molecule has 0 atom stereocenters. The fraction of sp³-hybridized carbons (Fsp3) is 0.118. The summed E-state index contributed by atoms with van der Waals surface area (Å²) in [4.78, 5) is 11.1. The lowest BCUT2D eigenvalue weighted by molar-refractivity contribution is 0.0697. The predicted molar refractivity (Wildman–Crippen MR) is 80.2 cm³/mol. The van der Waals surface area contributed by atoms with Gasteiger partial charge >= 0.3 is 5.97 Å². The van der Waals surface area contributed by atoms with Crippen LogP contribution in [0.4, 0.5) is 4.39 Å². The third-order valence-electron chi connectivity index (χ3n) is 3.65. The summed E-state index contributed by atoms with van der Waals surface area (Å²) in [7, 11) is 0. The Labute approximate surface area is 126 Å². The maximum absolute atomic E-state index is 14.3. The van der Waals surface area contributed by atoms with E-state index in [1.54, 1.807) is 30.3 Å². The minimum atomic E-state index is -0.991. The molecule has 2 aromatic carbocycles. The molecule has 0 fully saturated rings. The minimum absolute atomic E-state index is 0.0647. The molecule has 0 aliphatic heterocycles. The Kier molecular flexibility index (Phi) is 3.52. The van der Waals surface area contributed by atoms with Crippen LogP contribution in [0.25, 0.3) is 5.57 Å². The average Bonchev–Trinajstić information content (AvgIpc) is 2.49. The van der Waals surface area contributed by atoms with E-state index in [1.165, 1.54) is 6.07 Å². The predicted octanol–water partition coefficient (Wildman–Crippen LogP) is 4.56. The number of carboxylic acid groups (broad SMARTS) is 1. The molecule has 0 radical (unpaired) electrons. The van der Waals surface area contributed by atoms with Gasteiger partial charge in [-0.1, -0.05) is 35.9 Å². The molecule has 1 aliphatic carbocycles. The average molecular weight is 303 g/mol. The first kappa shape index (κ1) is 13.8. The van der Waals surface area contributed by atoms with E-state index in [1.807, 2.05) is 6.08 Å². The molecule has 1 N–H and O–H groups in total. The van der Waals surface area contributed by atoms with E-state index >= 15 is 0 Å². The Balaban J connectivity index is 2.18. The molecule has 2 nitrogen and oxygen atoms in total. The van der Waals surface area contributed by atoms with Gasteiger partial charge in [0.25, 0.3) is 0 Å². The van der Waals surface area contributed by atoms with Crippen molar-refractivity contribution in [2.45, 2.75) is 12.8 Å². The number of aromatic carboxylic acids is 1. The van der Waals surface area contributed by atoms with Crippen molar-refractivity contribution in [1.82, 2.24) is 0 Å². The van der Waals surface area contributed by atoms with Gasteiger partial charge in [0.05, 0.1) is 10.6 Å². The first-order valence-corrected chi connectivity index (χ1v) is 6.97. The van der Waals surface area contributed by atoms with E-state index in [0.717, 1.165) is 24.0 Å². The molecule has 0 bridgehead atoms. The van der Waals surface area contributed by atoms with Crippen LogP contribution in [0, 0.1) is 5.82 Å². The Morgan fingerprint density at radius 3 is 2.76 bits per heavy atom. The van der Waals surface area contributed by atoms with Gasteiger partial charge in [-0.2, -0.15) is 0 Å². The van der Waals surface area contributed by atoms with Gasteiger partial charge in [0.2, 0.25) is 0 Å². The molecule has 0 saturated heterocycles. The lowest BCUT2D eigenvalue weighted by atomic mass is 9.86. The van der Waals surface area contributed by atoms with E-state index in [9.17, 15) is 9.18 Å². The second-order valence-electron chi connectivity index (χ2n) is 4.93. The maximum atomic E-state index is 14.3. The van der Waals surface area contributed by atoms with Crippen LogP contribution in [0.3, 0.4) is 0 Å². The number of halogens is 2. The molecule has 1 aliphatic rings. The molecular formula is C17H12ClFO2. The molecule has 106 valence electrons. The van der Waals surface area contributed by atoms with Crippen LogP contribution in [-0.2, 0) is 6.42 Å². The molecule has 0 amide bonds. The Morgan fingerprint density at radius 1 is 1.19 bits per heavy atom. The Morgan fingerprint density at radius 2 is 2.00 bits per heavy atom. The Bertz CT molecular complexity index is 765. The highest BCUT2D eigenvalue weighted by Gasteiger charge is 2.19. The van der Waals surface area contributed by atoms with Gasteiger partial charge in [0.15, 0.2) is 0 Å². The van der Waals surface area contributed by atoms with E-state index in [2.05, 4.69) is 0 Å². The van der Waals surface area contributed by atoms with Crippen LogP contribution < -0.4 is 0 Å². The summed E-state index contributed by atoms with van der Waals surface area (Å²) in [6.07, 6.45) is 3.55. The van der Waals surface area contributed by atoms with Crippen LogP contribution in [0.15, 0.2) is 42.5 Å². The van der Waals surface area contributed by atoms with Crippen LogP contribution in [0.1, 0.15) is 33.5 Å². The summed E-state index contributed by atoms with van der Waals surface area (Å²) in [6, 6.07) is 9.83. The molecule has 0 saturated carbocycles. The zero-order chi connectivity index (χ0) is 15.0. The first-order chi connectivity index (χ1) is 10.1. The van der Waals surface area contributed by atoms with Gasteiger partial charge in [0.1, 0.15) is 5.82 Å².